The van der Waals surface area contributed by atoms with Crippen LogP contribution in [0.15, 0.2) is 42.5 Å². The number of anilines is 1. The van der Waals surface area contributed by atoms with Crippen molar-refractivity contribution in [1.82, 2.24) is 14.8 Å². The minimum atomic E-state index is -0.386. The molecule has 2 aromatic heterocycles. The van der Waals surface area contributed by atoms with Crippen molar-refractivity contribution in [2.24, 2.45) is 0 Å². The monoisotopic (exact) mass is 422 g/mol. The van der Waals surface area contributed by atoms with Crippen molar-refractivity contribution in [3.05, 3.63) is 65.1 Å². The van der Waals surface area contributed by atoms with E-state index in [0.717, 1.165) is 27.2 Å². The van der Waals surface area contributed by atoms with Crippen LogP contribution in [-0.4, -0.2) is 27.3 Å². The summed E-state index contributed by atoms with van der Waals surface area (Å²) in [6, 6.07) is 12.3. The van der Waals surface area contributed by atoms with Gasteiger partial charge in [0.1, 0.15) is 17.4 Å². The van der Waals surface area contributed by atoms with Gasteiger partial charge in [-0.3, -0.25) is 4.79 Å². The Morgan fingerprint density at radius 1 is 1.30 bits per heavy atom. The van der Waals surface area contributed by atoms with Gasteiger partial charge in [0.2, 0.25) is 11.0 Å². The molecule has 1 aliphatic rings. The SMILES string of the molecule is CCOc1ccc2nc(-n3nc(C)c4c3NC(=O)C[C@@H]4c3ccccc3F)sc2c1. The number of thiazole rings is 1. The fraction of sp³-hybridized carbons (Fsp3) is 0.227. The number of halogens is 1. The Morgan fingerprint density at radius 2 is 2.13 bits per heavy atom. The van der Waals surface area contributed by atoms with Gasteiger partial charge in [-0.2, -0.15) is 9.78 Å². The van der Waals surface area contributed by atoms with Gasteiger partial charge in [-0.15, -0.1) is 0 Å². The zero-order chi connectivity index (χ0) is 20.8. The molecule has 152 valence electrons. The van der Waals surface area contributed by atoms with Gasteiger partial charge in [-0.25, -0.2) is 9.37 Å². The Balaban J connectivity index is 1.64. The number of hydrogen-bond donors (Lipinski definition) is 1. The summed E-state index contributed by atoms with van der Waals surface area (Å²) >= 11 is 1.46. The summed E-state index contributed by atoms with van der Waals surface area (Å²) in [5.74, 6) is 0.464. The maximum absolute atomic E-state index is 14.5. The molecule has 8 heteroatoms. The van der Waals surface area contributed by atoms with Crippen LogP contribution >= 0.6 is 11.3 Å². The van der Waals surface area contributed by atoms with E-state index in [1.807, 2.05) is 32.0 Å². The molecule has 30 heavy (non-hydrogen) atoms. The van der Waals surface area contributed by atoms with Crippen LogP contribution in [0.5, 0.6) is 5.75 Å². The Bertz CT molecular complexity index is 1280. The zero-order valence-electron chi connectivity index (χ0n) is 16.5. The number of carbonyl (C=O) groups excluding carboxylic acids is 1. The summed E-state index contributed by atoms with van der Waals surface area (Å²) in [7, 11) is 0. The molecular weight excluding hydrogens is 403 g/mol. The number of ether oxygens (including phenoxy) is 1. The quantitative estimate of drug-likeness (QED) is 0.513. The summed E-state index contributed by atoms with van der Waals surface area (Å²) in [6.45, 7) is 4.41. The second kappa shape index (κ2) is 7.21. The van der Waals surface area contributed by atoms with Crippen LogP contribution in [0.25, 0.3) is 15.3 Å². The molecule has 0 fully saturated rings. The molecule has 1 N–H and O–H groups in total. The van der Waals surface area contributed by atoms with E-state index in [1.54, 1.807) is 22.9 Å². The Labute approximate surface area is 176 Å². The highest BCUT2D eigenvalue weighted by atomic mass is 32.1. The van der Waals surface area contributed by atoms with Crippen molar-refractivity contribution in [3.63, 3.8) is 0 Å². The highest BCUT2D eigenvalue weighted by Gasteiger charge is 2.34. The predicted molar refractivity (Wildman–Crippen MR) is 114 cm³/mol. The van der Waals surface area contributed by atoms with Gasteiger partial charge in [0.15, 0.2) is 0 Å². The maximum Gasteiger partial charge on any atom is 0.226 e. The molecule has 1 atom stereocenters. The molecule has 0 saturated carbocycles. The predicted octanol–water partition coefficient (Wildman–Crippen LogP) is 4.80. The second-order valence-corrected chi connectivity index (χ2v) is 8.15. The molecule has 0 unspecified atom stereocenters. The van der Waals surface area contributed by atoms with Crippen LogP contribution < -0.4 is 10.1 Å². The fourth-order valence-electron chi connectivity index (χ4n) is 3.95. The van der Waals surface area contributed by atoms with E-state index in [9.17, 15) is 9.18 Å². The zero-order valence-corrected chi connectivity index (χ0v) is 17.3. The third kappa shape index (κ3) is 3.04. The van der Waals surface area contributed by atoms with Crippen molar-refractivity contribution in [2.75, 3.05) is 11.9 Å². The van der Waals surface area contributed by atoms with Crippen molar-refractivity contribution in [2.45, 2.75) is 26.2 Å². The van der Waals surface area contributed by atoms with Crippen LogP contribution in [0.4, 0.5) is 10.2 Å². The van der Waals surface area contributed by atoms with Gasteiger partial charge in [0.05, 0.1) is 22.5 Å². The first-order valence-electron chi connectivity index (χ1n) is 9.72. The van der Waals surface area contributed by atoms with Crippen molar-refractivity contribution < 1.29 is 13.9 Å². The van der Waals surface area contributed by atoms with E-state index in [4.69, 9.17) is 4.74 Å². The van der Waals surface area contributed by atoms with Crippen molar-refractivity contribution in [1.29, 1.82) is 0 Å². The fourth-order valence-corrected chi connectivity index (χ4v) is 4.90. The van der Waals surface area contributed by atoms with Crippen molar-refractivity contribution >= 4 is 33.3 Å². The summed E-state index contributed by atoms with van der Waals surface area (Å²) in [5.41, 5.74) is 2.90. The number of rotatable bonds is 4. The number of aryl methyl sites for hydroxylation is 1. The lowest BCUT2D eigenvalue weighted by Gasteiger charge is -2.24. The van der Waals surface area contributed by atoms with E-state index in [0.29, 0.717) is 23.1 Å². The molecule has 0 saturated heterocycles. The Hall–Kier alpha value is -3.26. The van der Waals surface area contributed by atoms with Gasteiger partial charge in [0.25, 0.3) is 0 Å². The first-order chi connectivity index (χ1) is 14.5. The van der Waals surface area contributed by atoms with E-state index in [1.165, 1.54) is 17.4 Å². The van der Waals surface area contributed by atoms with Crippen molar-refractivity contribution in [3.8, 4) is 10.9 Å². The molecule has 5 rings (SSSR count). The van der Waals surface area contributed by atoms with Gasteiger partial charge >= 0.3 is 0 Å². The summed E-state index contributed by atoms with van der Waals surface area (Å²) in [4.78, 5) is 17.2. The lowest BCUT2D eigenvalue weighted by Crippen LogP contribution is -2.25. The molecular formula is C22H19FN4O2S. The normalized spacial score (nSPS) is 15.8. The average Bonchev–Trinajstić information content (AvgIpc) is 3.28. The standard InChI is InChI=1S/C22H19FN4O2S/c1-3-29-13-8-9-17-18(10-13)30-22(24-17)27-21-20(12(2)26-27)15(11-19(28)25-21)14-6-4-5-7-16(14)23/h4-10,15H,3,11H2,1-2H3,(H,25,28)/t15-/m1/s1. The number of benzene rings is 2. The molecule has 6 nitrogen and oxygen atoms in total. The minimum Gasteiger partial charge on any atom is -0.494 e. The van der Waals surface area contributed by atoms with Crippen LogP contribution in [0.3, 0.4) is 0 Å². The average molecular weight is 422 g/mol. The first-order valence-corrected chi connectivity index (χ1v) is 10.5. The summed E-state index contributed by atoms with van der Waals surface area (Å²) in [6.07, 6.45) is 0.179. The number of aromatic nitrogens is 3. The first kappa shape index (κ1) is 18.7. The number of nitrogens with one attached hydrogen (secondary N) is 1. The number of nitrogens with zero attached hydrogens (tertiary/aromatic N) is 3. The van der Waals surface area contributed by atoms with E-state index < -0.39 is 0 Å². The molecule has 4 aromatic rings. The number of fused-ring (bicyclic) bond motifs is 2. The topological polar surface area (TPSA) is 69.0 Å². The molecule has 2 aromatic carbocycles. The number of amides is 1. The largest absolute Gasteiger partial charge is 0.494 e. The lowest BCUT2D eigenvalue weighted by atomic mass is 9.85. The third-order valence-electron chi connectivity index (χ3n) is 5.22. The summed E-state index contributed by atoms with van der Waals surface area (Å²) < 4.78 is 22.7. The highest BCUT2D eigenvalue weighted by Crippen LogP contribution is 2.41. The van der Waals surface area contributed by atoms with E-state index in [-0.39, 0.29) is 24.1 Å². The highest BCUT2D eigenvalue weighted by molar-refractivity contribution is 7.20. The molecule has 1 amide bonds. The Kier molecular flexibility index (Phi) is 4.51. The lowest BCUT2D eigenvalue weighted by molar-refractivity contribution is -0.116. The number of carbonyl (C=O) groups is 1. The van der Waals surface area contributed by atoms with Crippen LogP contribution in [0, 0.1) is 12.7 Å². The molecule has 0 spiro atoms. The molecule has 0 bridgehead atoms. The molecule has 0 radical (unpaired) electrons. The van der Waals surface area contributed by atoms with Gasteiger partial charge in [-0.1, -0.05) is 29.5 Å². The van der Waals surface area contributed by atoms with Gasteiger partial charge in [0, 0.05) is 17.9 Å². The minimum absolute atomic E-state index is 0.170. The van der Waals surface area contributed by atoms with Gasteiger partial charge < -0.3 is 10.1 Å². The summed E-state index contributed by atoms with van der Waals surface area (Å²) in [5, 5.41) is 8.21. The third-order valence-corrected chi connectivity index (χ3v) is 6.22. The van der Waals surface area contributed by atoms with Crippen LogP contribution in [-0.2, 0) is 4.79 Å². The number of hydrogen-bond acceptors (Lipinski definition) is 5. The molecule has 0 aliphatic carbocycles. The molecule has 1 aliphatic heterocycles. The van der Waals surface area contributed by atoms with E-state index >= 15 is 0 Å². The Morgan fingerprint density at radius 3 is 2.93 bits per heavy atom. The second-order valence-electron chi connectivity index (χ2n) is 7.14. The van der Waals surface area contributed by atoms with E-state index in [2.05, 4.69) is 15.4 Å². The van der Waals surface area contributed by atoms with Crippen LogP contribution in [0.2, 0.25) is 0 Å². The maximum atomic E-state index is 14.5. The molecule has 3 heterocycles. The van der Waals surface area contributed by atoms with Gasteiger partial charge in [-0.05, 0) is 43.7 Å². The van der Waals surface area contributed by atoms with Crippen LogP contribution in [0.1, 0.15) is 36.1 Å². The smallest absolute Gasteiger partial charge is 0.226 e.